The SMILES string of the molecule is NC(=O)OCCCOc1cc(N)cc(-n2cncn2)c1. The number of nitrogens with two attached hydrogens (primary N) is 2. The third-order valence-corrected chi connectivity index (χ3v) is 2.40. The lowest BCUT2D eigenvalue weighted by Crippen LogP contribution is -2.15. The number of rotatable bonds is 6. The second-order valence-corrected chi connectivity index (χ2v) is 3.97. The number of nitrogen functional groups attached to an aromatic ring is 1. The van der Waals surface area contributed by atoms with Crippen LogP contribution in [0, 0.1) is 0 Å². The van der Waals surface area contributed by atoms with Gasteiger partial charge in [-0.2, -0.15) is 5.10 Å². The van der Waals surface area contributed by atoms with E-state index in [4.69, 9.17) is 16.2 Å². The van der Waals surface area contributed by atoms with E-state index in [1.165, 1.54) is 6.33 Å². The normalized spacial score (nSPS) is 10.2. The Morgan fingerprint density at radius 3 is 2.85 bits per heavy atom. The fourth-order valence-corrected chi connectivity index (χ4v) is 1.58. The van der Waals surface area contributed by atoms with E-state index in [1.807, 2.05) is 0 Å². The van der Waals surface area contributed by atoms with Gasteiger partial charge in [-0.15, -0.1) is 0 Å². The van der Waals surface area contributed by atoms with Crippen molar-refractivity contribution < 1.29 is 14.3 Å². The highest BCUT2D eigenvalue weighted by Gasteiger charge is 2.03. The minimum atomic E-state index is -0.789. The van der Waals surface area contributed by atoms with Crippen molar-refractivity contribution in [1.82, 2.24) is 14.8 Å². The molecule has 0 aliphatic rings. The van der Waals surface area contributed by atoms with Crippen LogP contribution in [-0.2, 0) is 4.74 Å². The van der Waals surface area contributed by atoms with Crippen LogP contribution < -0.4 is 16.2 Å². The lowest BCUT2D eigenvalue weighted by Gasteiger charge is -2.09. The zero-order valence-corrected chi connectivity index (χ0v) is 10.7. The molecule has 1 heterocycles. The monoisotopic (exact) mass is 277 g/mol. The molecular weight excluding hydrogens is 262 g/mol. The third kappa shape index (κ3) is 3.87. The van der Waals surface area contributed by atoms with E-state index in [0.717, 1.165) is 5.69 Å². The molecule has 1 aromatic heterocycles. The van der Waals surface area contributed by atoms with Gasteiger partial charge in [0.05, 0.1) is 18.9 Å². The number of hydrogen-bond donors (Lipinski definition) is 2. The Morgan fingerprint density at radius 1 is 1.30 bits per heavy atom. The Hall–Kier alpha value is -2.77. The highest BCUT2D eigenvalue weighted by atomic mass is 16.5. The molecule has 0 unspecified atom stereocenters. The number of aromatic nitrogens is 3. The van der Waals surface area contributed by atoms with Gasteiger partial charge in [-0.05, 0) is 6.07 Å². The molecule has 106 valence electrons. The summed E-state index contributed by atoms with van der Waals surface area (Å²) in [7, 11) is 0. The van der Waals surface area contributed by atoms with E-state index in [9.17, 15) is 4.79 Å². The summed E-state index contributed by atoms with van der Waals surface area (Å²) in [5.74, 6) is 0.606. The maximum absolute atomic E-state index is 10.4. The highest BCUT2D eigenvalue weighted by Crippen LogP contribution is 2.21. The van der Waals surface area contributed by atoms with Crippen LogP contribution in [0.3, 0.4) is 0 Å². The van der Waals surface area contributed by atoms with E-state index in [0.29, 0.717) is 24.5 Å². The van der Waals surface area contributed by atoms with Gasteiger partial charge in [-0.3, -0.25) is 0 Å². The largest absolute Gasteiger partial charge is 0.493 e. The summed E-state index contributed by atoms with van der Waals surface area (Å²) < 4.78 is 11.7. The van der Waals surface area contributed by atoms with Gasteiger partial charge in [0.25, 0.3) is 0 Å². The van der Waals surface area contributed by atoms with Crippen molar-refractivity contribution in [2.45, 2.75) is 6.42 Å². The van der Waals surface area contributed by atoms with Crippen molar-refractivity contribution in [3.63, 3.8) is 0 Å². The van der Waals surface area contributed by atoms with Gasteiger partial charge in [0, 0.05) is 24.2 Å². The van der Waals surface area contributed by atoms with Crippen LogP contribution in [0.1, 0.15) is 6.42 Å². The Labute approximate surface area is 115 Å². The zero-order chi connectivity index (χ0) is 14.4. The Balaban J connectivity index is 1.93. The lowest BCUT2D eigenvalue weighted by atomic mass is 10.2. The first kappa shape index (κ1) is 13.7. The van der Waals surface area contributed by atoms with Crippen LogP contribution in [-0.4, -0.2) is 34.1 Å². The molecule has 8 nitrogen and oxygen atoms in total. The Morgan fingerprint density at radius 2 is 2.15 bits per heavy atom. The second kappa shape index (κ2) is 6.41. The average molecular weight is 277 g/mol. The van der Waals surface area contributed by atoms with Crippen LogP contribution in [0.5, 0.6) is 5.75 Å². The quantitative estimate of drug-likeness (QED) is 0.593. The molecule has 0 spiro atoms. The van der Waals surface area contributed by atoms with Crippen molar-refractivity contribution in [2.24, 2.45) is 5.73 Å². The molecule has 4 N–H and O–H groups in total. The van der Waals surface area contributed by atoms with Crippen molar-refractivity contribution in [1.29, 1.82) is 0 Å². The number of benzene rings is 1. The maximum Gasteiger partial charge on any atom is 0.404 e. The van der Waals surface area contributed by atoms with Crippen molar-refractivity contribution in [3.8, 4) is 11.4 Å². The first-order chi connectivity index (χ1) is 9.65. The molecule has 0 bridgehead atoms. The minimum Gasteiger partial charge on any atom is -0.493 e. The first-order valence-electron chi connectivity index (χ1n) is 5.96. The smallest absolute Gasteiger partial charge is 0.404 e. The fourth-order valence-electron chi connectivity index (χ4n) is 1.58. The van der Waals surface area contributed by atoms with Crippen LogP contribution in [0.2, 0.25) is 0 Å². The summed E-state index contributed by atoms with van der Waals surface area (Å²) in [6, 6.07) is 5.26. The number of anilines is 1. The van der Waals surface area contributed by atoms with Gasteiger partial charge in [-0.1, -0.05) is 0 Å². The van der Waals surface area contributed by atoms with Gasteiger partial charge in [0.15, 0.2) is 0 Å². The molecule has 0 fully saturated rings. The molecule has 0 radical (unpaired) electrons. The summed E-state index contributed by atoms with van der Waals surface area (Å²) in [6.45, 7) is 0.598. The van der Waals surface area contributed by atoms with Gasteiger partial charge in [-0.25, -0.2) is 14.5 Å². The molecule has 2 aromatic rings. The Kier molecular flexibility index (Phi) is 4.38. The second-order valence-electron chi connectivity index (χ2n) is 3.97. The van der Waals surface area contributed by atoms with Gasteiger partial charge in [0.2, 0.25) is 0 Å². The molecule has 8 heteroatoms. The molecule has 0 saturated heterocycles. The lowest BCUT2D eigenvalue weighted by molar-refractivity contribution is 0.147. The van der Waals surface area contributed by atoms with E-state index < -0.39 is 6.09 Å². The van der Waals surface area contributed by atoms with Crippen LogP contribution in [0.4, 0.5) is 10.5 Å². The number of primary amides is 1. The number of carbonyl (C=O) groups is 1. The van der Waals surface area contributed by atoms with Crippen LogP contribution >= 0.6 is 0 Å². The van der Waals surface area contributed by atoms with E-state index >= 15 is 0 Å². The summed E-state index contributed by atoms with van der Waals surface area (Å²) in [5.41, 5.74) is 12.0. The zero-order valence-electron chi connectivity index (χ0n) is 10.7. The van der Waals surface area contributed by atoms with Gasteiger partial charge in [0.1, 0.15) is 18.4 Å². The first-order valence-corrected chi connectivity index (χ1v) is 5.96. The van der Waals surface area contributed by atoms with Gasteiger partial charge >= 0.3 is 6.09 Å². The van der Waals surface area contributed by atoms with Gasteiger partial charge < -0.3 is 20.9 Å². The summed E-state index contributed by atoms with van der Waals surface area (Å²) in [5, 5.41) is 4.02. The van der Waals surface area contributed by atoms with E-state index in [-0.39, 0.29) is 6.61 Å². The number of carbonyl (C=O) groups excluding carboxylic acids is 1. The summed E-state index contributed by atoms with van der Waals surface area (Å²) >= 11 is 0. The minimum absolute atomic E-state index is 0.216. The molecule has 0 aliphatic heterocycles. The summed E-state index contributed by atoms with van der Waals surface area (Å²) in [4.78, 5) is 14.3. The molecule has 1 amide bonds. The van der Waals surface area contributed by atoms with E-state index in [2.05, 4.69) is 14.8 Å². The van der Waals surface area contributed by atoms with Crippen LogP contribution in [0.15, 0.2) is 30.9 Å². The number of hydrogen-bond acceptors (Lipinski definition) is 6. The molecule has 20 heavy (non-hydrogen) atoms. The highest BCUT2D eigenvalue weighted by molar-refractivity contribution is 5.64. The molecular formula is C12H15N5O3. The molecule has 0 saturated carbocycles. The third-order valence-electron chi connectivity index (χ3n) is 2.40. The molecule has 1 aromatic carbocycles. The fraction of sp³-hybridized carbons (Fsp3) is 0.250. The van der Waals surface area contributed by atoms with Crippen molar-refractivity contribution in [2.75, 3.05) is 18.9 Å². The molecule has 0 atom stereocenters. The predicted octanol–water partition coefficient (Wildman–Crippen LogP) is 0.714. The molecule has 2 rings (SSSR count). The molecule has 0 aliphatic carbocycles. The topological polar surface area (TPSA) is 118 Å². The number of nitrogens with zero attached hydrogens (tertiary/aromatic N) is 3. The Bertz CT molecular complexity index is 570. The standard InChI is InChI=1S/C12H15N5O3/c13-9-4-10(17-8-15-7-16-17)6-11(5-9)19-2-1-3-20-12(14)18/h4-8H,1-3,13H2,(H2,14,18). The van der Waals surface area contributed by atoms with Crippen molar-refractivity contribution >= 4 is 11.8 Å². The summed E-state index contributed by atoms with van der Waals surface area (Å²) in [6.07, 6.45) is 2.75. The average Bonchev–Trinajstić information content (AvgIpc) is 2.91. The number of amides is 1. The van der Waals surface area contributed by atoms with Crippen LogP contribution in [0.25, 0.3) is 5.69 Å². The van der Waals surface area contributed by atoms with E-state index in [1.54, 1.807) is 29.2 Å². The number of ether oxygens (including phenoxy) is 2. The predicted molar refractivity (Wildman–Crippen MR) is 71.4 cm³/mol. The maximum atomic E-state index is 10.4. The van der Waals surface area contributed by atoms with Crippen molar-refractivity contribution in [3.05, 3.63) is 30.9 Å².